The molecule has 0 aromatic heterocycles. The highest BCUT2D eigenvalue weighted by atomic mass is 32.2. The lowest BCUT2D eigenvalue weighted by Crippen LogP contribution is -2.15. The van der Waals surface area contributed by atoms with Gasteiger partial charge in [0.05, 0.1) is 12.4 Å². The molecule has 1 aliphatic heterocycles. The highest BCUT2D eigenvalue weighted by molar-refractivity contribution is 7.99. The van der Waals surface area contributed by atoms with Gasteiger partial charge >= 0.3 is 0 Å². The summed E-state index contributed by atoms with van der Waals surface area (Å²) in [7, 11) is -3.25. The maximum atomic E-state index is 10.9. The molecule has 3 nitrogen and oxygen atoms in total. The van der Waals surface area contributed by atoms with Crippen molar-refractivity contribution in [1.82, 2.24) is 0 Å². The van der Waals surface area contributed by atoms with E-state index < -0.39 is 10.1 Å². The van der Waals surface area contributed by atoms with Crippen molar-refractivity contribution >= 4 is 21.9 Å². The zero-order chi connectivity index (χ0) is 9.47. The van der Waals surface area contributed by atoms with Gasteiger partial charge in [0, 0.05) is 0 Å². The van der Waals surface area contributed by atoms with Crippen LogP contribution in [0.5, 0.6) is 0 Å². The van der Waals surface area contributed by atoms with Crippen molar-refractivity contribution in [1.29, 1.82) is 0 Å². The summed E-state index contributed by atoms with van der Waals surface area (Å²) in [4.78, 5) is 0. The molecule has 0 aromatic carbocycles. The van der Waals surface area contributed by atoms with Crippen LogP contribution < -0.4 is 0 Å². The van der Waals surface area contributed by atoms with Crippen LogP contribution in [0.15, 0.2) is 0 Å². The predicted molar refractivity (Wildman–Crippen MR) is 53.3 cm³/mol. The minimum atomic E-state index is -3.25. The Morgan fingerprint density at radius 1 is 1.23 bits per heavy atom. The smallest absolute Gasteiger partial charge is 0.264 e. The van der Waals surface area contributed by atoms with Crippen LogP contribution >= 0.6 is 11.8 Å². The summed E-state index contributed by atoms with van der Waals surface area (Å²) in [5.41, 5.74) is 0. The van der Waals surface area contributed by atoms with Gasteiger partial charge in [-0.1, -0.05) is 0 Å². The largest absolute Gasteiger partial charge is 0.267 e. The molecule has 0 spiro atoms. The summed E-state index contributed by atoms with van der Waals surface area (Å²) in [5, 5.41) is 0. The standard InChI is InChI=1S/C8H14O3S2/c1-13(9,10)11-8-2-6-4-12-5-7(6)3-8/h6-8H,2-5H2,1H3. The molecule has 2 unspecified atom stereocenters. The van der Waals surface area contributed by atoms with Crippen LogP contribution in [0, 0.1) is 11.8 Å². The van der Waals surface area contributed by atoms with Crippen molar-refractivity contribution in [2.45, 2.75) is 18.9 Å². The van der Waals surface area contributed by atoms with E-state index in [2.05, 4.69) is 0 Å². The van der Waals surface area contributed by atoms with E-state index in [9.17, 15) is 8.42 Å². The van der Waals surface area contributed by atoms with E-state index in [1.165, 1.54) is 11.5 Å². The zero-order valence-corrected chi connectivity index (χ0v) is 9.23. The summed E-state index contributed by atoms with van der Waals surface area (Å²) >= 11 is 1.98. The fraction of sp³-hybridized carbons (Fsp3) is 1.00. The number of thioether (sulfide) groups is 1. The maximum Gasteiger partial charge on any atom is 0.264 e. The molecule has 2 rings (SSSR count). The maximum absolute atomic E-state index is 10.9. The molecular weight excluding hydrogens is 208 g/mol. The van der Waals surface area contributed by atoms with E-state index in [0.29, 0.717) is 11.8 Å². The summed E-state index contributed by atoms with van der Waals surface area (Å²) in [6.45, 7) is 0. The average Bonchev–Trinajstić information content (AvgIpc) is 2.40. The quantitative estimate of drug-likeness (QED) is 0.656. The molecule has 5 heteroatoms. The first-order valence-electron chi connectivity index (χ1n) is 4.50. The van der Waals surface area contributed by atoms with Crippen LogP contribution in [-0.4, -0.2) is 32.3 Å². The third kappa shape index (κ3) is 2.39. The average molecular weight is 222 g/mol. The van der Waals surface area contributed by atoms with Crippen molar-refractivity contribution in [3.63, 3.8) is 0 Å². The lowest BCUT2D eigenvalue weighted by Gasteiger charge is -2.09. The third-order valence-corrected chi connectivity index (χ3v) is 4.72. The SMILES string of the molecule is CS(=O)(=O)OC1CC2CSCC2C1. The van der Waals surface area contributed by atoms with Crippen molar-refractivity contribution in [3.8, 4) is 0 Å². The molecule has 1 saturated carbocycles. The van der Waals surface area contributed by atoms with E-state index >= 15 is 0 Å². The summed E-state index contributed by atoms with van der Waals surface area (Å²) in [5.74, 6) is 3.79. The highest BCUT2D eigenvalue weighted by Crippen LogP contribution is 2.43. The molecule has 0 amide bonds. The first kappa shape index (κ1) is 9.80. The summed E-state index contributed by atoms with van der Waals surface area (Å²) < 4.78 is 26.8. The highest BCUT2D eigenvalue weighted by Gasteiger charge is 2.39. The molecule has 2 aliphatic rings. The van der Waals surface area contributed by atoms with Gasteiger partial charge in [0.1, 0.15) is 0 Å². The molecule has 1 heterocycles. The summed E-state index contributed by atoms with van der Waals surface area (Å²) in [6, 6.07) is 0. The minimum Gasteiger partial charge on any atom is -0.267 e. The van der Waals surface area contributed by atoms with Crippen LogP contribution in [0.3, 0.4) is 0 Å². The minimum absolute atomic E-state index is 0.0362. The van der Waals surface area contributed by atoms with Crippen LogP contribution in [0.1, 0.15) is 12.8 Å². The van der Waals surface area contributed by atoms with Gasteiger partial charge in [-0.25, -0.2) is 0 Å². The summed E-state index contributed by atoms with van der Waals surface area (Å²) in [6.07, 6.45) is 2.97. The normalized spacial score (nSPS) is 39.3. The van der Waals surface area contributed by atoms with E-state index in [4.69, 9.17) is 4.18 Å². The second-order valence-corrected chi connectivity index (χ2v) is 6.63. The molecule has 2 atom stereocenters. The number of fused-ring (bicyclic) bond motifs is 1. The molecule has 0 N–H and O–H groups in total. The van der Waals surface area contributed by atoms with Crippen molar-refractivity contribution in [3.05, 3.63) is 0 Å². The Kier molecular flexibility index (Phi) is 2.59. The van der Waals surface area contributed by atoms with Gasteiger partial charge in [-0.05, 0) is 36.2 Å². The Morgan fingerprint density at radius 3 is 2.23 bits per heavy atom. The van der Waals surface area contributed by atoms with Crippen LogP contribution in [0.4, 0.5) is 0 Å². The van der Waals surface area contributed by atoms with Gasteiger partial charge in [-0.3, -0.25) is 4.18 Å². The van der Waals surface area contributed by atoms with Crippen molar-refractivity contribution in [2.75, 3.05) is 17.8 Å². The van der Waals surface area contributed by atoms with Crippen LogP contribution in [0.25, 0.3) is 0 Å². The number of hydrogen-bond acceptors (Lipinski definition) is 4. The van der Waals surface area contributed by atoms with E-state index in [-0.39, 0.29) is 6.10 Å². The van der Waals surface area contributed by atoms with E-state index in [1.54, 1.807) is 0 Å². The van der Waals surface area contributed by atoms with Gasteiger partial charge in [0.25, 0.3) is 10.1 Å². The molecular formula is C8H14O3S2. The third-order valence-electron chi connectivity index (χ3n) is 2.77. The fourth-order valence-electron chi connectivity index (χ4n) is 2.26. The lowest BCUT2D eigenvalue weighted by molar-refractivity contribution is 0.213. The molecule has 0 radical (unpaired) electrons. The van der Waals surface area contributed by atoms with Crippen LogP contribution in [0.2, 0.25) is 0 Å². The molecule has 1 saturated heterocycles. The lowest BCUT2D eigenvalue weighted by atomic mass is 10.0. The molecule has 0 bridgehead atoms. The molecule has 13 heavy (non-hydrogen) atoms. The molecule has 76 valence electrons. The van der Waals surface area contributed by atoms with Crippen LogP contribution in [-0.2, 0) is 14.3 Å². The van der Waals surface area contributed by atoms with Gasteiger partial charge in [-0.2, -0.15) is 20.2 Å². The Bertz CT molecular complexity index is 274. The van der Waals surface area contributed by atoms with E-state index in [0.717, 1.165) is 19.1 Å². The van der Waals surface area contributed by atoms with Crippen molar-refractivity contribution < 1.29 is 12.6 Å². The topological polar surface area (TPSA) is 43.4 Å². The van der Waals surface area contributed by atoms with Gasteiger partial charge < -0.3 is 0 Å². The predicted octanol–water partition coefficient (Wildman–Crippen LogP) is 1.10. The second-order valence-electron chi connectivity index (χ2n) is 3.95. The second kappa shape index (κ2) is 3.44. The Labute approximate surface area is 83.4 Å². The first-order chi connectivity index (χ1) is 6.04. The molecule has 2 fully saturated rings. The van der Waals surface area contributed by atoms with Gasteiger partial charge in [-0.15, -0.1) is 0 Å². The fourth-order valence-corrected chi connectivity index (χ4v) is 4.47. The van der Waals surface area contributed by atoms with Gasteiger partial charge in [0.2, 0.25) is 0 Å². The Morgan fingerprint density at radius 2 is 1.77 bits per heavy atom. The molecule has 1 aliphatic carbocycles. The van der Waals surface area contributed by atoms with E-state index in [1.807, 2.05) is 11.8 Å². The zero-order valence-electron chi connectivity index (χ0n) is 7.60. The molecule has 0 aromatic rings. The number of rotatable bonds is 2. The monoisotopic (exact) mass is 222 g/mol. The Hall–Kier alpha value is 0.260. The van der Waals surface area contributed by atoms with Gasteiger partial charge in [0.15, 0.2) is 0 Å². The first-order valence-corrected chi connectivity index (χ1v) is 7.48. The van der Waals surface area contributed by atoms with Crippen molar-refractivity contribution in [2.24, 2.45) is 11.8 Å². The Balaban J connectivity index is 1.92. The number of hydrogen-bond donors (Lipinski definition) is 0.